The number of fused-ring (bicyclic) bond motifs is 4. The fraction of sp³-hybridized carbons (Fsp3) is 0.222. The van der Waals surface area contributed by atoms with Gasteiger partial charge in [0.1, 0.15) is 12.2 Å². The molecule has 0 amide bonds. The van der Waals surface area contributed by atoms with Gasteiger partial charge in [-0.25, -0.2) is 4.79 Å². The van der Waals surface area contributed by atoms with Crippen molar-refractivity contribution in [3.63, 3.8) is 0 Å². The van der Waals surface area contributed by atoms with Gasteiger partial charge in [-0.1, -0.05) is 12.1 Å². The lowest BCUT2D eigenvalue weighted by atomic mass is 10.1. The summed E-state index contributed by atoms with van der Waals surface area (Å²) in [5, 5.41) is 0.865. The molecule has 0 aliphatic carbocycles. The van der Waals surface area contributed by atoms with Crippen LogP contribution < -0.4 is 14.9 Å². The highest BCUT2D eigenvalue weighted by Gasteiger charge is 2.31. The molecule has 24 heavy (non-hydrogen) atoms. The fourth-order valence-electron chi connectivity index (χ4n) is 2.74. The molecule has 0 N–H and O–H groups in total. The second-order valence-electron chi connectivity index (χ2n) is 5.37. The average Bonchev–Trinajstić information content (AvgIpc) is 2.61. The third-order valence-corrected chi connectivity index (χ3v) is 3.86. The van der Waals surface area contributed by atoms with Crippen molar-refractivity contribution in [3.8, 4) is 11.5 Å². The first-order chi connectivity index (χ1) is 11.7. The van der Waals surface area contributed by atoms with Crippen molar-refractivity contribution in [2.75, 3.05) is 13.2 Å². The van der Waals surface area contributed by atoms with Gasteiger partial charge in [0.05, 0.1) is 17.4 Å². The van der Waals surface area contributed by atoms with Crippen LogP contribution in [-0.2, 0) is 9.53 Å². The maximum absolute atomic E-state index is 12.6. The Bertz CT molecular complexity index is 1000. The summed E-state index contributed by atoms with van der Waals surface area (Å²) in [4.78, 5) is 24.5. The maximum atomic E-state index is 12.6. The van der Waals surface area contributed by atoms with Crippen LogP contribution in [-0.4, -0.2) is 25.3 Å². The third-order valence-electron chi connectivity index (χ3n) is 3.86. The first-order valence-electron chi connectivity index (χ1n) is 7.63. The van der Waals surface area contributed by atoms with E-state index in [9.17, 15) is 9.59 Å². The Balaban J connectivity index is 1.91. The molecule has 1 unspecified atom stereocenters. The number of carbonyl (C=O) groups is 1. The Kier molecular flexibility index (Phi) is 3.37. The Morgan fingerprint density at radius 1 is 1.21 bits per heavy atom. The van der Waals surface area contributed by atoms with Gasteiger partial charge in [-0.3, -0.25) is 4.79 Å². The van der Waals surface area contributed by atoms with Gasteiger partial charge in [-0.05, 0) is 31.2 Å². The Morgan fingerprint density at radius 3 is 2.88 bits per heavy atom. The largest absolute Gasteiger partial charge is 0.485 e. The van der Waals surface area contributed by atoms with E-state index in [0.29, 0.717) is 22.1 Å². The third kappa shape index (κ3) is 2.19. The number of esters is 1. The van der Waals surface area contributed by atoms with E-state index in [2.05, 4.69) is 0 Å². The predicted molar refractivity (Wildman–Crippen MR) is 86.5 cm³/mol. The molecule has 0 bridgehead atoms. The minimum absolute atomic E-state index is 0.0507. The van der Waals surface area contributed by atoms with E-state index in [-0.39, 0.29) is 30.0 Å². The van der Waals surface area contributed by atoms with Crippen LogP contribution in [0.25, 0.3) is 21.9 Å². The molecule has 0 spiro atoms. The van der Waals surface area contributed by atoms with Gasteiger partial charge in [-0.2, -0.15) is 0 Å². The minimum atomic E-state index is -0.889. The monoisotopic (exact) mass is 326 g/mol. The normalized spacial score (nSPS) is 16.3. The average molecular weight is 326 g/mol. The lowest BCUT2D eigenvalue weighted by Gasteiger charge is -2.25. The lowest BCUT2D eigenvalue weighted by Crippen LogP contribution is -2.38. The van der Waals surface area contributed by atoms with Gasteiger partial charge >= 0.3 is 5.97 Å². The van der Waals surface area contributed by atoms with Crippen LogP contribution >= 0.6 is 0 Å². The Labute approximate surface area is 136 Å². The standard InChI is InChI=1S/C18H14O6/c1-2-21-18(20)14-9-22-13-8-7-11-15(19)10-5-3-4-6-12(10)23-16(11)17(13)24-14/h3-8,14H,2,9H2,1H3. The van der Waals surface area contributed by atoms with Gasteiger partial charge in [0.15, 0.2) is 11.3 Å². The summed E-state index contributed by atoms with van der Waals surface area (Å²) in [7, 11) is 0. The van der Waals surface area contributed by atoms with Crippen LogP contribution in [0.1, 0.15) is 6.92 Å². The van der Waals surface area contributed by atoms with E-state index in [0.717, 1.165) is 0 Å². The highest BCUT2D eigenvalue weighted by atomic mass is 16.6. The van der Waals surface area contributed by atoms with Crippen LogP contribution in [0.2, 0.25) is 0 Å². The summed E-state index contributed by atoms with van der Waals surface area (Å²) in [5.74, 6) is 0.171. The van der Waals surface area contributed by atoms with Crippen LogP contribution in [0.3, 0.4) is 0 Å². The molecule has 1 atom stereocenters. The van der Waals surface area contributed by atoms with Crippen molar-refractivity contribution >= 4 is 27.9 Å². The summed E-state index contributed by atoms with van der Waals surface area (Å²) in [5.41, 5.74) is 0.562. The van der Waals surface area contributed by atoms with E-state index in [1.54, 1.807) is 43.3 Å². The molecule has 4 rings (SSSR count). The minimum Gasteiger partial charge on any atom is -0.485 e. The highest BCUT2D eigenvalue weighted by Crippen LogP contribution is 2.39. The molecular formula is C18H14O6. The number of rotatable bonds is 2. The molecule has 122 valence electrons. The molecule has 2 aromatic carbocycles. The van der Waals surface area contributed by atoms with E-state index in [1.165, 1.54) is 0 Å². The molecule has 1 aromatic heterocycles. The second-order valence-corrected chi connectivity index (χ2v) is 5.37. The van der Waals surface area contributed by atoms with E-state index >= 15 is 0 Å². The number of hydrogen-bond acceptors (Lipinski definition) is 6. The topological polar surface area (TPSA) is 75.0 Å². The fourth-order valence-corrected chi connectivity index (χ4v) is 2.74. The van der Waals surface area contributed by atoms with Gasteiger partial charge in [0.2, 0.25) is 17.3 Å². The highest BCUT2D eigenvalue weighted by molar-refractivity contribution is 5.94. The van der Waals surface area contributed by atoms with Crippen LogP contribution in [0, 0.1) is 0 Å². The molecule has 2 heterocycles. The van der Waals surface area contributed by atoms with Crippen LogP contribution in [0.5, 0.6) is 11.5 Å². The Morgan fingerprint density at radius 2 is 2.04 bits per heavy atom. The van der Waals surface area contributed by atoms with Crippen molar-refractivity contribution in [2.24, 2.45) is 0 Å². The van der Waals surface area contributed by atoms with Crippen molar-refractivity contribution in [1.82, 2.24) is 0 Å². The number of hydrogen-bond donors (Lipinski definition) is 0. The smallest absolute Gasteiger partial charge is 0.350 e. The molecular weight excluding hydrogens is 312 g/mol. The number of benzene rings is 2. The zero-order chi connectivity index (χ0) is 16.7. The first-order valence-corrected chi connectivity index (χ1v) is 7.63. The molecule has 0 radical (unpaired) electrons. The van der Waals surface area contributed by atoms with Gasteiger partial charge in [0.25, 0.3) is 0 Å². The zero-order valence-electron chi connectivity index (χ0n) is 12.9. The summed E-state index contributed by atoms with van der Waals surface area (Å²) >= 11 is 0. The summed E-state index contributed by atoms with van der Waals surface area (Å²) in [6, 6.07) is 10.3. The number of ether oxygens (including phenoxy) is 3. The van der Waals surface area contributed by atoms with Gasteiger partial charge < -0.3 is 18.6 Å². The van der Waals surface area contributed by atoms with Crippen LogP contribution in [0.15, 0.2) is 45.6 Å². The molecule has 6 heteroatoms. The SMILES string of the molecule is CCOC(=O)C1COc2ccc3c(=O)c4ccccc4oc3c2O1. The lowest BCUT2D eigenvalue weighted by molar-refractivity contribution is -0.153. The molecule has 0 fully saturated rings. The van der Waals surface area contributed by atoms with Gasteiger partial charge in [-0.15, -0.1) is 0 Å². The van der Waals surface area contributed by atoms with Crippen LogP contribution in [0.4, 0.5) is 0 Å². The summed E-state index contributed by atoms with van der Waals surface area (Å²) in [6.07, 6.45) is -0.889. The molecule has 1 aliphatic rings. The van der Waals surface area contributed by atoms with Gasteiger partial charge in [0, 0.05) is 0 Å². The number of para-hydroxylation sites is 1. The van der Waals surface area contributed by atoms with Crippen molar-refractivity contribution in [1.29, 1.82) is 0 Å². The zero-order valence-corrected chi connectivity index (χ0v) is 12.9. The summed E-state index contributed by atoms with van der Waals surface area (Å²) < 4.78 is 22.1. The van der Waals surface area contributed by atoms with E-state index in [1.807, 2.05) is 0 Å². The molecule has 3 aromatic rings. The van der Waals surface area contributed by atoms with Crippen molar-refractivity contribution < 1.29 is 23.4 Å². The van der Waals surface area contributed by atoms with E-state index in [4.69, 9.17) is 18.6 Å². The molecule has 6 nitrogen and oxygen atoms in total. The summed E-state index contributed by atoms with van der Waals surface area (Å²) in [6.45, 7) is 2.02. The predicted octanol–water partition coefficient (Wildman–Crippen LogP) is 2.65. The number of carbonyl (C=O) groups excluding carboxylic acids is 1. The van der Waals surface area contributed by atoms with E-state index < -0.39 is 12.1 Å². The quantitative estimate of drug-likeness (QED) is 0.532. The Hall–Kier alpha value is -3.02. The first kappa shape index (κ1) is 14.6. The maximum Gasteiger partial charge on any atom is 0.350 e. The molecule has 0 saturated heterocycles. The second kappa shape index (κ2) is 5.56. The molecule has 0 saturated carbocycles. The van der Waals surface area contributed by atoms with Crippen molar-refractivity contribution in [2.45, 2.75) is 13.0 Å². The molecule has 1 aliphatic heterocycles. The van der Waals surface area contributed by atoms with Crippen molar-refractivity contribution in [3.05, 3.63) is 46.6 Å².